The Morgan fingerprint density at radius 3 is 2.78 bits per heavy atom. The molecule has 4 nitrogen and oxygen atoms in total. The minimum Gasteiger partial charge on any atom is -0.349 e. The van der Waals surface area contributed by atoms with Gasteiger partial charge in [-0.3, -0.25) is 0 Å². The van der Waals surface area contributed by atoms with Gasteiger partial charge in [0.25, 0.3) is 11.8 Å². The van der Waals surface area contributed by atoms with Gasteiger partial charge in [0, 0.05) is 11.6 Å². The summed E-state index contributed by atoms with van der Waals surface area (Å²) in [5.41, 5.74) is 0.956. The zero-order valence-electron chi connectivity index (χ0n) is 10.5. The van der Waals surface area contributed by atoms with Crippen LogP contribution >= 0.6 is 0 Å². The fourth-order valence-corrected chi connectivity index (χ4v) is 2.51. The van der Waals surface area contributed by atoms with Crippen LogP contribution in [0.25, 0.3) is 11.5 Å². The molecule has 2 unspecified atom stereocenters. The maximum absolute atomic E-state index is 5.27. The molecule has 0 amide bonds. The van der Waals surface area contributed by atoms with Crippen molar-refractivity contribution in [2.45, 2.75) is 32.2 Å². The molecule has 1 aliphatic carbocycles. The lowest BCUT2D eigenvalue weighted by molar-refractivity contribution is 0.430. The minimum absolute atomic E-state index is 0.478. The zero-order chi connectivity index (χ0) is 12.4. The summed E-state index contributed by atoms with van der Waals surface area (Å²) in [5.74, 6) is 1.86. The number of hydrogen-bond donors (Lipinski definition) is 1. The van der Waals surface area contributed by atoms with Crippen molar-refractivity contribution in [1.82, 2.24) is 10.1 Å². The van der Waals surface area contributed by atoms with Crippen molar-refractivity contribution in [3.05, 3.63) is 30.3 Å². The van der Waals surface area contributed by atoms with E-state index in [0.717, 1.165) is 5.56 Å². The summed E-state index contributed by atoms with van der Waals surface area (Å²) in [6.07, 6.45) is 3.75. The maximum Gasteiger partial charge on any atom is 0.263 e. The molecule has 0 aliphatic heterocycles. The average molecular weight is 243 g/mol. The number of hydrogen-bond acceptors (Lipinski definition) is 4. The molecule has 3 rings (SSSR count). The van der Waals surface area contributed by atoms with Crippen LogP contribution in [0.1, 0.15) is 26.2 Å². The van der Waals surface area contributed by atoms with Gasteiger partial charge < -0.3 is 9.84 Å². The third-order valence-electron chi connectivity index (χ3n) is 3.62. The van der Waals surface area contributed by atoms with Gasteiger partial charge in [-0.25, -0.2) is 0 Å². The lowest BCUT2D eigenvalue weighted by Crippen LogP contribution is -2.22. The smallest absolute Gasteiger partial charge is 0.263 e. The highest BCUT2D eigenvalue weighted by Crippen LogP contribution is 2.27. The SMILES string of the molecule is CC1CCCC1Nc1noc(-c2ccccc2)n1. The van der Waals surface area contributed by atoms with Gasteiger partial charge in [-0.05, 0) is 36.0 Å². The highest BCUT2D eigenvalue weighted by Gasteiger charge is 2.24. The second kappa shape index (κ2) is 4.80. The van der Waals surface area contributed by atoms with Crippen molar-refractivity contribution in [2.75, 3.05) is 5.32 Å². The van der Waals surface area contributed by atoms with Gasteiger partial charge in [-0.2, -0.15) is 4.98 Å². The van der Waals surface area contributed by atoms with Crippen LogP contribution in [0.4, 0.5) is 5.95 Å². The van der Waals surface area contributed by atoms with E-state index in [1.165, 1.54) is 19.3 Å². The second-order valence-electron chi connectivity index (χ2n) is 4.95. The molecule has 0 spiro atoms. The fourth-order valence-electron chi connectivity index (χ4n) is 2.51. The van der Waals surface area contributed by atoms with Crippen LogP contribution in [0.3, 0.4) is 0 Å². The molecular weight excluding hydrogens is 226 g/mol. The molecule has 18 heavy (non-hydrogen) atoms. The molecule has 94 valence electrons. The van der Waals surface area contributed by atoms with E-state index in [-0.39, 0.29) is 0 Å². The van der Waals surface area contributed by atoms with Crippen LogP contribution in [-0.2, 0) is 0 Å². The molecule has 1 fully saturated rings. The summed E-state index contributed by atoms with van der Waals surface area (Å²) < 4.78 is 5.27. The molecular formula is C14H17N3O. The summed E-state index contributed by atoms with van der Waals surface area (Å²) in [6.45, 7) is 2.27. The first kappa shape index (κ1) is 11.3. The normalized spacial score (nSPS) is 23.2. The van der Waals surface area contributed by atoms with E-state index in [9.17, 15) is 0 Å². The zero-order valence-corrected chi connectivity index (χ0v) is 10.5. The van der Waals surface area contributed by atoms with E-state index >= 15 is 0 Å². The van der Waals surface area contributed by atoms with Gasteiger partial charge in [-0.15, -0.1) is 0 Å². The Kier molecular flexibility index (Phi) is 3.00. The van der Waals surface area contributed by atoms with Crippen molar-refractivity contribution in [3.63, 3.8) is 0 Å². The molecule has 1 N–H and O–H groups in total. The van der Waals surface area contributed by atoms with Crippen molar-refractivity contribution in [1.29, 1.82) is 0 Å². The van der Waals surface area contributed by atoms with Gasteiger partial charge in [0.15, 0.2) is 0 Å². The predicted octanol–water partition coefficient (Wildman–Crippen LogP) is 3.34. The quantitative estimate of drug-likeness (QED) is 0.898. The minimum atomic E-state index is 0.478. The maximum atomic E-state index is 5.27. The van der Waals surface area contributed by atoms with E-state index < -0.39 is 0 Å². The van der Waals surface area contributed by atoms with Gasteiger partial charge >= 0.3 is 0 Å². The first-order valence-corrected chi connectivity index (χ1v) is 6.48. The monoisotopic (exact) mass is 243 g/mol. The Hall–Kier alpha value is -1.84. The predicted molar refractivity (Wildman–Crippen MR) is 70.2 cm³/mol. The van der Waals surface area contributed by atoms with Crippen LogP contribution in [0.2, 0.25) is 0 Å². The first-order valence-electron chi connectivity index (χ1n) is 6.48. The van der Waals surface area contributed by atoms with Gasteiger partial charge in [0.2, 0.25) is 0 Å². The van der Waals surface area contributed by atoms with Crippen molar-refractivity contribution >= 4 is 5.95 Å². The van der Waals surface area contributed by atoms with Crippen molar-refractivity contribution < 1.29 is 4.52 Å². The van der Waals surface area contributed by atoms with E-state index in [2.05, 4.69) is 22.4 Å². The van der Waals surface area contributed by atoms with E-state index in [1.54, 1.807) is 0 Å². The number of benzene rings is 1. The lowest BCUT2D eigenvalue weighted by atomic mass is 10.1. The Balaban J connectivity index is 1.74. The summed E-state index contributed by atoms with van der Waals surface area (Å²) in [4.78, 5) is 4.39. The summed E-state index contributed by atoms with van der Waals surface area (Å²) in [6, 6.07) is 10.3. The molecule has 4 heteroatoms. The molecule has 0 radical (unpaired) electrons. The fraction of sp³-hybridized carbons (Fsp3) is 0.429. The molecule has 1 aromatic heterocycles. The molecule has 0 bridgehead atoms. The van der Waals surface area contributed by atoms with Crippen molar-refractivity contribution in [2.24, 2.45) is 5.92 Å². The van der Waals surface area contributed by atoms with Gasteiger partial charge in [-0.1, -0.05) is 31.5 Å². The molecule has 2 atom stereocenters. The van der Waals surface area contributed by atoms with Crippen LogP contribution < -0.4 is 5.32 Å². The van der Waals surface area contributed by atoms with Gasteiger partial charge in [0.05, 0.1) is 0 Å². The summed E-state index contributed by atoms with van der Waals surface area (Å²) >= 11 is 0. The Bertz CT molecular complexity index is 509. The second-order valence-corrected chi connectivity index (χ2v) is 4.95. The van der Waals surface area contributed by atoms with Crippen LogP contribution in [0, 0.1) is 5.92 Å². The third-order valence-corrected chi connectivity index (χ3v) is 3.62. The lowest BCUT2D eigenvalue weighted by Gasteiger charge is -2.14. The number of anilines is 1. The number of aromatic nitrogens is 2. The van der Waals surface area contributed by atoms with Crippen molar-refractivity contribution in [3.8, 4) is 11.5 Å². The number of rotatable bonds is 3. The Morgan fingerprint density at radius 1 is 1.22 bits per heavy atom. The molecule has 1 aliphatic rings. The highest BCUT2D eigenvalue weighted by molar-refractivity contribution is 5.53. The van der Waals surface area contributed by atoms with E-state index in [4.69, 9.17) is 4.52 Å². The average Bonchev–Trinajstić information content (AvgIpc) is 3.02. The highest BCUT2D eigenvalue weighted by atomic mass is 16.5. The number of nitrogens with one attached hydrogen (secondary N) is 1. The molecule has 1 heterocycles. The molecule has 0 saturated heterocycles. The Labute approximate surface area is 106 Å². The standard InChI is InChI=1S/C14H17N3O/c1-10-6-5-9-12(10)15-14-16-13(18-17-14)11-7-3-2-4-8-11/h2-4,7-8,10,12H,5-6,9H2,1H3,(H,15,17). The van der Waals surface area contributed by atoms with E-state index in [0.29, 0.717) is 23.8 Å². The molecule has 2 aromatic rings. The molecule has 1 saturated carbocycles. The summed E-state index contributed by atoms with van der Waals surface area (Å²) in [5, 5.41) is 7.36. The summed E-state index contributed by atoms with van der Waals surface area (Å²) in [7, 11) is 0. The molecule has 1 aromatic carbocycles. The Morgan fingerprint density at radius 2 is 2.06 bits per heavy atom. The number of nitrogens with zero attached hydrogens (tertiary/aromatic N) is 2. The third kappa shape index (κ3) is 2.23. The van der Waals surface area contributed by atoms with Crippen LogP contribution in [-0.4, -0.2) is 16.2 Å². The first-order chi connectivity index (χ1) is 8.83. The van der Waals surface area contributed by atoms with Gasteiger partial charge in [0.1, 0.15) is 0 Å². The largest absolute Gasteiger partial charge is 0.349 e. The van der Waals surface area contributed by atoms with E-state index in [1.807, 2.05) is 30.3 Å². The topological polar surface area (TPSA) is 51.0 Å². The van der Waals surface area contributed by atoms with Crippen LogP contribution in [0.15, 0.2) is 34.9 Å². The van der Waals surface area contributed by atoms with Crippen LogP contribution in [0.5, 0.6) is 0 Å².